The van der Waals surface area contributed by atoms with E-state index in [2.05, 4.69) is 11.2 Å². The lowest BCUT2D eigenvalue weighted by Gasteiger charge is -2.17. The smallest absolute Gasteiger partial charge is 0.148 e. The molecule has 17 heavy (non-hydrogen) atoms. The number of likely N-dealkylation sites (N-methyl/N-ethyl adjacent to an activating group) is 1. The van der Waals surface area contributed by atoms with Crippen LogP contribution in [-0.4, -0.2) is 36.5 Å². The molecule has 0 radical (unpaired) electrons. The summed E-state index contributed by atoms with van der Waals surface area (Å²) in [4.78, 5) is 0. The van der Waals surface area contributed by atoms with Crippen molar-refractivity contribution in [1.29, 1.82) is 0 Å². The number of terminal acetylenes is 1. The van der Waals surface area contributed by atoms with Crippen LogP contribution in [0.4, 0.5) is 0 Å². The van der Waals surface area contributed by atoms with Gasteiger partial charge < -0.3 is 20.3 Å². The van der Waals surface area contributed by atoms with Crippen molar-refractivity contribution in [2.45, 2.75) is 12.2 Å². The summed E-state index contributed by atoms with van der Waals surface area (Å²) >= 11 is 0. The van der Waals surface area contributed by atoms with Gasteiger partial charge in [-0.3, -0.25) is 0 Å². The lowest BCUT2D eigenvalue weighted by molar-refractivity contribution is 0.0202. The minimum atomic E-state index is -0.913. The first kappa shape index (κ1) is 13.5. The van der Waals surface area contributed by atoms with Gasteiger partial charge in [0.1, 0.15) is 18.5 Å². The highest BCUT2D eigenvalue weighted by molar-refractivity contribution is 5.29. The van der Waals surface area contributed by atoms with Crippen molar-refractivity contribution < 1.29 is 14.9 Å². The number of ether oxygens (including phenoxy) is 1. The van der Waals surface area contributed by atoms with Gasteiger partial charge in [0.05, 0.1) is 6.10 Å². The van der Waals surface area contributed by atoms with Crippen LogP contribution in [-0.2, 0) is 0 Å². The normalized spacial score (nSPS) is 13.8. The Morgan fingerprint density at radius 1 is 1.35 bits per heavy atom. The van der Waals surface area contributed by atoms with Gasteiger partial charge in [-0.2, -0.15) is 0 Å². The van der Waals surface area contributed by atoms with Gasteiger partial charge in [-0.15, -0.1) is 6.42 Å². The van der Waals surface area contributed by atoms with Crippen LogP contribution in [0.1, 0.15) is 11.7 Å². The van der Waals surface area contributed by atoms with Crippen molar-refractivity contribution in [3.05, 3.63) is 29.8 Å². The fraction of sp³-hybridized carbons (Fsp3) is 0.385. The first-order valence-electron chi connectivity index (χ1n) is 5.36. The molecule has 0 aliphatic rings. The molecule has 3 N–H and O–H groups in total. The van der Waals surface area contributed by atoms with E-state index in [1.165, 1.54) is 0 Å². The average Bonchev–Trinajstić information content (AvgIpc) is 2.36. The first-order valence-corrected chi connectivity index (χ1v) is 5.36. The maximum Gasteiger partial charge on any atom is 0.148 e. The molecule has 0 amide bonds. The van der Waals surface area contributed by atoms with Crippen LogP contribution >= 0.6 is 0 Å². The van der Waals surface area contributed by atoms with E-state index in [0.717, 1.165) is 0 Å². The largest absolute Gasteiger partial charge is 0.481 e. The lowest BCUT2D eigenvalue weighted by atomic mass is 10.0. The molecule has 2 atom stereocenters. The monoisotopic (exact) mass is 235 g/mol. The summed E-state index contributed by atoms with van der Waals surface area (Å²) in [5.74, 6) is 3.01. The number of rotatable bonds is 6. The van der Waals surface area contributed by atoms with Crippen LogP contribution < -0.4 is 10.1 Å². The Kier molecular flexibility index (Phi) is 5.50. The molecule has 1 aromatic rings. The summed E-state index contributed by atoms with van der Waals surface area (Å²) < 4.78 is 5.21. The van der Waals surface area contributed by atoms with E-state index in [4.69, 9.17) is 11.2 Å². The van der Waals surface area contributed by atoms with Gasteiger partial charge >= 0.3 is 0 Å². The molecule has 1 aromatic carbocycles. The molecular formula is C13H17NO3. The highest BCUT2D eigenvalue weighted by Crippen LogP contribution is 2.20. The van der Waals surface area contributed by atoms with E-state index in [1.807, 2.05) is 0 Å². The Morgan fingerprint density at radius 3 is 2.53 bits per heavy atom. The summed E-state index contributed by atoms with van der Waals surface area (Å²) in [5, 5.41) is 22.2. The molecule has 0 aliphatic heterocycles. The third-order valence-electron chi connectivity index (χ3n) is 2.32. The van der Waals surface area contributed by atoms with Crippen molar-refractivity contribution in [2.75, 3.05) is 20.2 Å². The van der Waals surface area contributed by atoms with Crippen molar-refractivity contribution in [3.8, 4) is 18.1 Å². The number of nitrogens with one attached hydrogen (secondary N) is 1. The van der Waals surface area contributed by atoms with Gasteiger partial charge in [-0.05, 0) is 24.7 Å². The van der Waals surface area contributed by atoms with Gasteiger partial charge in [-0.25, -0.2) is 0 Å². The number of hydrogen-bond acceptors (Lipinski definition) is 4. The molecule has 0 saturated carbocycles. The minimum absolute atomic E-state index is 0.213. The zero-order valence-corrected chi connectivity index (χ0v) is 9.76. The van der Waals surface area contributed by atoms with Crippen LogP contribution in [0.25, 0.3) is 0 Å². The van der Waals surface area contributed by atoms with Gasteiger partial charge in [0.25, 0.3) is 0 Å². The molecule has 0 heterocycles. The van der Waals surface area contributed by atoms with Gasteiger partial charge in [0.2, 0.25) is 0 Å². The second-order valence-electron chi connectivity index (χ2n) is 3.63. The molecule has 0 aliphatic carbocycles. The van der Waals surface area contributed by atoms with Crippen molar-refractivity contribution in [3.63, 3.8) is 0 Å². The molecule has 0 spiro atoms. The van der Waals surface area contributed by atoms with Gasteiger partial charge in [0, 0.05) is 6.54 Å². The highest BCUT2D eigenvalue weighted by atomic mass is 16.5. The van der Waals surface area contributed by atoms with E-state index < -0.39 is 12.2 Å². The third kappa shape index (κ3) is 4.08. The summed E-state index contributed by atoms with van der Waals surface area (Å²) in [6, 6.07) is 6.83. The Hall–Kier alpha value is -1.54. The highest BCUT2D eigenvalue weighted by Gasteiger charge is 2.17. The average molecular weight is 235 g/mol. The van der Waals surface area contributed by atoms with Crippen LogP contribution in [0.3, 0.4) is 0 Å². The minimum Gasteiger partial charge on any atom is -0.481 e. The summed E-state index contributed by atoms with van der Waals surface area (Å²) in [5.41, 5.74) is 0.640. The second-order valence-corrected chi connectivity index (χ2v) is 3.63. The van der Waals surface area contributed by atoms with Crippen molar-refractivity contribution >= 4 is 0 Å². The summed E-state index contributed by atoms with van der Waals surface area (Å²) in [6.45, 7) is 0.542. The molecule has 0 bridgehead atoms. The molecular weight excluding hydrogens is 218 g/mol. The topological polar surface area (TPSA) is 61.7 Å². The Labute approximate surface area is 101 Å². The predicted molar refractivity (Wildman–Crippen MR) is 65.7 cm³/mol. The maximum absolute atomic E-state index is 9.82. The summed E-state index contributed by atoms with van der Waals surface area (Å²) in [6.07, 6.45) is 3.32. The standard InChI is InChI=1S/C13H17NO3/c1-3-8-17-11-6-4-10(5-7-11)13(16)12(15)9-14-2/h1,4-7,12-16H,8-9H2,2H3. The SMILES string of the molecule is C#CCOc1ccc(C(O)C(O)CNC)cc1. The lowest BCUT2D eigenvalue weighted by Crippen LogP contribution is -2.29. The van der Waals surface area contributed by atoms with E-state index in [0.29, 0.717) is 17.9 Å². The number of aliphatic hydroxyl groups is 2. The van der Waals surface area contributed by atoms with Crippen LogP contribution in [0, 0.1) is 12.3 Å². The Morgan fingerprint density at radius 2 is 2.00 bits per heavy atom. The number of aliphatic hydroxyl groups excluding tert-OH is 2. The fourth-order valence-corrected chi connectivity index (χ4v) is 1.43. The van der Waals surface area contributed by atoms with Crippen LogP contribution in [0.15, 0.2) is 24.3 Å². The molecule has 4 heteroatoms. The second kappa shape index (κ2) is 6.92. The van der Waals surface area contributed by atoms with E-state index in [1.54, 1.807) is 31.3 Å². The third-order valence-corrected chi connectivity index (χ3v) is 2.32. The van der Waals surface area contributed by atoms with E-state index in [9.17, 15) is 10.2 Å². The molecule has 0 aromatic heterocycles. The number of hydrogen-bond donors (Lipinski definition) is 3. The molecule has 2 unspecified atom stereocenters. The van der Waals surface area contributed by atoms with Gasteiger partial charge in [0.15, 0.2) is 0 Å². The Balaban J connectivity index is 2.63. The van der Waals surface area contributed by atoms with Crippen LogP contribution in [0.5, 0.6) is 5.75 Å². The molecule has 0 fully saturated rings. The predicted octanol–water partition coefficient (Wildman–Crippen LogP) is 0.312. The quantitative estimate of drug-likeness (QED) is 0.621. The maximum atomic E-state index is 9.82. The van der Waals surface area contributed by atoms with E-state index >= 15 is 0 Å². The first-order chi connectivity index (χ1) is 8.19. The molecule has 4 nitrogen and oxygen atoms in total. The Bertz CT molecular complexity index is 369. The van der Waals surface area contributed by atoms with Crippen molar-refractivity contribution in [1.82, 2.24) is 5.32 Å². The van der Waals surface area contributed by atoms with Gasteiger partial charge in [-0.1, -0.05) is 18.1 Å². The fourth-order valence-electron chi connectivity index (χ4n) is 1.43. The van der Waals surface area contributed by atoms with E-state index in [-0.39, 0.29) is 6.61 Å². The zero-order chi connectivity index (χ0) is 12.7. The van der Waals surface area contributed by atoms with Crippen LogP contribution in [0.2, 0.25) is 0 Å². The molecule has 1 rings (SSSR count). The summed E-state index contributed by atoms with van der Waals surface area (Å²) in [7, 11) is 1.71. The number of benzene rings is 1. The molecule has 0 saturated heterocycles. The van der Waals surface area contributed by atoms with Crippen molar-refractivity contribution in [2.24, 2.45) is 0 Å². The molecule has 92 valence electrons. The zero-order valence-electron chi connectivity index (χ0n) is 9.76.